The zero-order valence-electron chi connectivity index (χ0n) is 14.5. The van der Waals surface area contributed by atoms with Crippen molar-refractivity contribution in [2.24, 2.45) is 0 Å². The maximum atomic E-state index is 12.0. The van der Waals surface area contributed by atoms with Crippen LogP contribution < -0.4 is 15.4 Å². The van der Waals surface area contributed by atoms with Crippen LogP contribution in [0.25, 0.3) is 0 Å². The normalized spacial score (nSPS) is 13.0. The molecule has 3 rings (SSSR count). The van der Waals surface area contributed by atoms with Crippen molar-refractivity contribution in [1.82, 2.24) is 4.98 Å². The smallest absolute Gasteiger partial charge is 0.340 e. The molecule has 26 heavy (non-hydrogen) atoms. The Morgan fingerprint density at radius 3 is 2.69 bits per heavy atom. The van der Waals surface area contributed by atoms with Crippen molar-refractivity contribution in [2.45, 2.75) is 25.8 Å². The molecule has 0 aliphatic heterocycles. The molecule has 1 heterocycles. The van der Waals surface area contributed by atoms with Gasteiger partial charge in [0.15, 0.2) is 6.61 Å². The van der Waals surface area contributed by atoms with Crippen molar-refractivity contribution in [1.29, 1.82) is 0 Å². The van der Waals surface area contributed by atoms with Crippen LogP contribution in [0.15, 0.2) is 42.6 Å². The van der Waals surface area contributed by atoms with Crippen LogP contribution in [0, 0.1) is 0 Å². The Hall–Kier alpha value is -3.09. The van der Waals surface area contributed by atoms with E-state index in [1.54, 1.807) is 30.3 Å². The maximum Gasteiger partial charge on any atom is 0.340 e. The fourth-order valence-electron chi connectivity index (χ4n) is 2.29. The van der Waals surface area contributed by atoms with Crippen molar-refractivity contribution in [3.8, 4) is 5.75 Å². The standard InChI is InChI=1S/C19H21N3O4/c1-2-25-16-6-4-3-5-15(16)22-18(23)12-26-19(24)13-7-10-17(20-11-13)21-14-8-9-14/h3-7,10-11,14H,2,8-9,12H2,1H3,(H,20,21)(H,22,23). The average molecular weight is 355 g/mol. The molecule has 2 N–H and O–H groups in total. The van der Waals surface area contributed by atoms with Crippen molar-refractivity contribution in [3.05, 3.63) is 48.2 Å². The van der Waals surface area contributed by atoms with E-state index in [2.05, 4.69) is 15.6 Å². The minimum atomic E-state index is -0.594. The topological polar surface area (TPSA) is 89.5 Å². The summed E-state index contributed by atoms with van der Waals surface area (Å²) in [4.78, 5) is 28.2. The van der Waals surface area contributed by atoms with E-state index in [-0.39, 0.29) is 6.61 Å². The van der Waals surface area contributed by atoms with E-state index < -0.39 is 11.9 Å². The van der Waals surface area contributed by atoms with Gasteiger partial charge in [-0.15, -0.1) is 0 Å². The van der Waals surface area contributed by atoms with Crippen LogP contribution in [0.3, 0.4) is 0 Å². The highest BCUT2D eigenvalue weighted by atomic mass is 16.5. The lowest BCUT2D eigenvalue weighted by Crippen LogP contribution is -2.21. The Morgan fingerprint density at radius 1 is 1.19 bits per heavy atom. The number of hydrogen-bond donors (Lipinski definition) is 2. The maximum absolute atomic E-state index is 12.0. The number of para-hydroxylation sites is 2. The van der Waals surface area contributed by atoms with Crippen molar-refractivity contribution >= 4 is 23.4 Å². The molecule has 136 valence electrons. The summed E-state index contributed by atoms with van der Waals surface area (Å²) in [5, 5.41) is 5.91. The van der Waals surface area contributed by atoms with Gasteiger partial charge in [0.05, 0.1) is 17.9 Å². The van der Waals surface area contributed by atoms with Gasteiger partial charge in [0.25, 0.3) is 5.91 Å². The van der Waals surface area contributed by atoms with Crippen LogP contribution in [-0.2, 0) is 9.53 Å². The molecule has 0 bridgehead atoms. The van der Waals surface area contributed by atoms with Crippen LogP contribution in [0.1, 0.15) is 30.1 Å². The van der Waals surface area contributed by atoms with E-state index in [9.17, 15) is 9.59 Å². The van der Waals surface area contributed by atoms with Crippen molar-refractivity contribution < 1.29 is 19.1 Å². The molecule has 2 aromatic rings. The first-order chi connectivity index (χ1) is 12.7. The molecule has 0 spiro atoms. The Kier molecular flexibility index (Phi) is 5.68. The van der Waals surface area contributed by atoms with Gasteiger partial charge in [-0.05, 0) is 44.0 Å². The number of pyridine rings is 1. The molecule has 1 fully saturated rings. The molecular weight excluding hydrogens is 334 g/mol. The van der Waals surface area contributed by atoms with Crippen LogP contribution in [-0.4, -0.2) is 36.1 Å². The van der Waals surface area contributed by atoms with Crippen LogP contribution in [0.5, 0.6) is 5.75 Å². The molecule has 7 nitrogen and oxygen atoms in total. The second-order valence-electron chi connectivity index (χ2n) is 5.90. The summed E-state index contributed by atoms with van der Waals surface area (Å²) in [5.74, 6) is 0.265. The van der Waals surface area contributed by atoms with Gasteiger partial charge >= 0.3 is 5.97 Å². The highest BCUT2D eigenvalue weighted by Gasteiger charge is 2.21. The molecule has 7 heteroatoms. The van der Waals surface area contributed by atoms with E-state index in [1.165, 1.54) is 6.20 Å². The highest BCUT2D eigenvalue weighted by Crippen LogP contribution is 2.24. The number of ether oxygens (including phenoxy) is 2. The highest BCUT2D eigenvalue weighted by molar-refractivity contribution is 5.96. The molecule has 1 aliphatic carbocycles. The largest absolute Gasteiger partial charge is 0.492 e. The lowest BCUT2D eigenvalue weighted by atomic mass is 10.3. The summed E-state index contributed by atoms with van der Waals surface area (Å²) in [6, 6.07) is 10.9. The Balaban J connectivity index is 1.50. The van der Waals surface area contributed by atoms with Crippen LogP contribution in [0.2, 0.25) is 0 Å². The number of carbonyl (C=O) groups is 2. The number of hydrogen-bond acceptors (Lipinski definition) is 6. The fraction of sp³-hybridized carbons (Fsp3) is 0.316. The van der Waals surface area contributed by atoms with Crippen LogP contribution >= 0.6 is 0 Å². The minimum absolute atomic E-state index is 0.300. The molecule has 1 saturated carbocycles. The van der Waals surface area contributed by atoms with Gasteiger partial charge in [-0.2, -0.15) is 0 Å². The molecule has 0 saturated heterocycles. The summed E-state index contributed by atoms with van der Waals surface area (Å²) >= 11 is 0. The summed E-state index contributed by atoms with van der Waals surface area (Å²) in [6.07, 6.45) is 3.73. The van der Waals surface area contributed by atoms with Gasteiger partial charge in [0, 0.05) is 12.2 Å². The second kappa shape index (κ2) is 8.33. The number of amides is 1. The summed E-state index contributed by atoms with van der Waals surface area (Å²) in [6.45, 7) is 1.96. The summed E-state index contributed by atoms with van der Waals surface area (Å²) in [7, 11) is 0. The van der Waals surface area contributed by atoms with E-state index in [4.69, 9.17) is 9.47 Å². The van der Waals surface area contributed by atoms with Gasteiger partial charge in [-0.1, -0.05) is 12.1 Å². The number of nitrogens with one attached hydrogen (secondary N) is 2. The van der Waals surface area contributed by atoms with Gasteiger partial charge in [-0.3, -0.25) is 4.79 Å². The quantitative estimate of drug-likeness (QED) is 0.708. The third kappa shape index (κ3) is 4.95. The molecular formula is C19H21N3O4. The SMILES string of the molecule is CCOc1ccccc1NC(=O)COC(=O)c1ccc(NC2CC2)nc1. The van der Waals surface area contributed by atoms with Gasteiger partial charge in [0.2, 0.25) is 0 Å². The molecule has 1 aromatic carbocycles. The number of aromatic nitrogens is 1. The molecule has 0 radical (unpaired) electrons. The van der Waals surface area contributed by atoms with Crippen molar-refractivity contribution in [2.75, 3.05) is 23.8 Å². The average Bonchev–Trinajstić information content (AvgIpc) is 3.46. The third-order valence-corrected chi connectivity index (χ3v) is 3.72. The first-order valence-electron chi connectivity index (χ1n) is 8.57. The van der Waals surface area contributed by atoms with Gasteiger partial charge in [-0.25, -0.2) is 9.78 Å². The number of benzene rings is 1. The Bertz CT molecular complexity index is 773. The molecule has 1 amide bonds. The zero-order valence-corrected chi connectivity index (χ0v) is 14.5. The van der Waals surface area contributed by atoms with Crippen molar-refractivity contribution in [3.63, 3.8) is 0 Å². The number of rotatable bonds is 8. The van der Waals surface area contributed by atoms with E-state index >= 15 is 0 Å². The van der Waals surface area contributed by atoms with Gasteiger partial charge in [0.1, 0.15) is 11.6 Å². The number of esters is 1. The predicted octanol–water partition coefficient (Wildman–Crippen LogP) is 2.85. The number of anilines is 2. The number of nitrogens with zero attached hydrogens (tertiary/aromatic N) is 1. The molecule has 0 unspecified atom stereocenters. The lowest BCUT2D eigenvalue weighted by molar-refractivity contribution is -0.119. The third-order valence-electron chi connectivity index (χ3n) is 3.72. The van der Waals surface area contributed by atoms with E-state index in [0.717, 1.165) is 18.7 Å². The van der Waals surface area contributed by atoms with E-state index in [1.807, 2.05) is 13.0 Å². The monoisotopic (exact) mass is 355 g/mol. The Labute approximate surface area is 151 Å². The number of carbonyl (C=O) groups excluding carboxylic acids is 2. The minimum Gasteiger partial charge on any atom is -0.492 e. The summed E-state index contributed by atoms with van der Waals surface area (Å²) in [5.41, 5.74) is 0.835. The predicted molar refractivity (Wildman–Crippen MR) is 97.4 cm³/mol. The fourth-order valence-corrected chi connectivity index (χ4v) is 2.29. The van der Waals surface area contributed by atoms with Crippen LogP contribution in [0.4, 0.5) is 11.5 Å². The lowest BCUT2D eigenvalue weighted by Gasteiger charge is -2.11. The molecule has 1 aliphatic rings. The second-order valence-corrected chi connectivity index (χ2v) is 5.90. The van der Waals surface area contributed by atoms with E-state index in [0.29, 0.717) is 29.6 Å². The Morgan fingerprint density at radius 2 is 2.00 bits per heavy atom. The molecule has 0 atom stereocenters. The first-order valence-corrected chi connectivity index (χ1v) is 8.57. The summed E-state index contributed by atoms with van der Waals surface area (Å²) < 4.78 is 10.5. The molecule has 1 aromatic heterocycles. The zero-order chi connectivity index (χ0) is 18.4. The van der Waals surface area contributed by atoms with Gasteiger partial charge < -0.3 is 20.1 Å². The first kappa shape index (κ1) is 17.7.